The van der Waals surface area contributed by atoms with Gasteiger partial charge in [0.2, 0.25) is 11.8 Å². The molecule has 1 aromatic carbocycles. The summed E-state index contributed by atoms with van der Waals surface area (Å²) >= 11 is 0. The molecule has 0 radical (unpaired) electrons. The van der Waals surface area contributed by atoms with Crippen molar-refractivity contribution in [2.24, 2.45) is 11.8 Å². The molecule has 26 heavy (non-hydrogen) atoms. The number of carboxylic acids is 1. The lowest BCUT2D eigenvalue weighted by molar-refractivity contribution is -0.146. The van der Waals surface area contributed by atoms with Gasteiger partial charge < -0.3 is 15.3 Å². The highest BCUT2D eigenvalue weighted by atomic mass is 19.1. The van der Waals surface area contributed by atoms with Gasteiger partial charge in [0, 0.05) is 12.5 Å². The van der Waals surface area contributed by atoms with Crippen molar-refractivity contribution in [2.45, 2.75) is 32.6 Å². The minimum absolute atomic E-state index is 0.236. The maximum atomic E-state index is 13.6. The van der Waals surface area contributed by atoms with Crippen LogP contribution < -0.4 is 5.32 Å². The summed E-state index contributed by atoms with van der Waals surface area (Å²) < 4.78 is 27.2. The Bertz CT molecular complexity index is 668. The summed E-state index contributed by atoms with van der Waals surface area (Å²) in [5, 5.41) is 11.2. The molecule has 0 heterocycles. The number of anilines is 1. The summed E-state index contributed by atoms with van der Waals surface area (Å²) in [6, 6.07) is 3.25. The third kappa shape index (κ3) is 4.77. The molecule has 1 saturated carbocycles. The van der Waals surface area contributed by atoms with E-state index < -0.39 is 35.1 Å². The van der Waals surface area contributed by atoms with Crippen molar-refractivity contribution in [2.75, 3.05) is 18.4 Å². The predicted octanol–water partition coefficient (Wildman–Crippen LogP) is 2.64. The largest absolute Gasteiger partial charge is 0.481 e. The molecule has 1 fully saturated rings. The van der Waals surface area contributed by atoms with Crippen LogP contribution in [-0.4, -0.2) is 40.9 Å². The molecule has 1 aliphatic carbocycles. The molecule has 0 saturated heterocycles. The standard InChI is InChI=1S/C18H22F2N2O4/c1-2-22(17(24)11-6-8-12(9-7-11)18(25)26)10-15(23)21-16-13(19)4-3-5-14(16)20/h3-5,11-12H,2,6-10H2,1H3,(H,21,23)(H,25,26). The van der Waals surface area contributed by atoms with Crippen LogP contribution in [0.5, 0.6) is 0 Å². The minimum Gasteiger partial charge on any atom is -0.481 e. The molecule has 1 aromatic rings. The molecular formula is C18H22F2N2O4. The SMILES string of the molecule is CCN(CC(=O)Nc1c(F)cccc1F)C(=O)C1CCC(C(=O)O)CC1. The number of carbonyl (C=O) groups excluding carboxylic acids is 2. The van der Waals surface area contributed by atoms with Crippen LogP contribution in [0.2, 0.25) is 0 Å². The molecule has 8 heteroatoms. The van der Waals surface area contributed by atoms with E-state index in [1.807, 2.05) is 0 Å². The number of likely N-dealkylation sites (N-methyl/N-ethyl adjacent to an activating group) is 1. The highest BCUT2D eigenvalue weighted by Gasteiger charge is 2.32. The molecule has 0 aliphatic heterocycles. The van der Waals surface area contributed by atoms with Crippen molar-refractivity contribution in [3.05, 3.63) is 29.8 Å². The fourth-order valence-corrected chi connectivity index (χ4v) is 3.16. The average molecular weight is 368 g/mol. The lowest BCUT2D eigenvalue weighted by atomic mass is 9.81. The van der Waals surface area contributed by atoms with Gasteiger partial charge in [0.05, 0.1) is 12.5 Å². The molecule has 0 bridgehead atoms. The lowest BCUT2D eigenvalue weighted by Crippen LogP contribution is -2.42. The van der Waals surface area contributed by atoms with Crippen molar-refractivity contribution >= 4 is 23.5 Å². The van der Waals surface area contributed by atoms with E-state index in [2.05, 4.69) is 5.32 Å². The molecule has 0 aromatic heterocycles. The van der Waals surface area contributed by atoms with Gasteiger partial charge >= 0.3 is 5.97 Å². The molecule has 1 aliphatic rings. The van der Waals surface area contributed by atoms with Crippen molar-refractivity contribution in [1.29, 1.82) is 0 Å². The molecular weight excluding hydrogens is 346 g/mol. The summed E-state index contributed by atoms with van der Waals surface area (Å²) in [4.78, 5) is 37.0. The molecule has 0 unspecified atom stereocenters. The van der Waals surface area contributed by atoms with E-state index >= 15 is 0 Å². The van der Waals surface area contributed by atoms with E-state index in [1.54, 1.807) is 6.92 Å². The van der Waals surface area contributed by atoms with Gasteiger partial charge in [-0.25, -0.2) is 8.78 Å². The van der Waals surface area contributed by atoms with Gasteiger partial charge in [-0.15, -0.1) is 0 Å². The Morgan fingerprint density at radius 3 is 2.15 bits per heavy atom. The van der Waals surface area contributed by atoms with Crippen LogP contribution >= 0.6 is 0 Å². The van der Waals surface area contributed by atoms with Gasteiger partial charge in [0.1, 0.15) is 17.3 Å². The maximum absolute atomic E-state index is 13.6. The minimum atomic E-state index is -0.889. The van der Waals surface area contributed by atoms with Crippen LogP contribution in [0.4, 0.5) is 14.5 Å². The number of aliphatic carboxylic acids is 1. The molecule has 2 rings (SSSR count). The molecule has 0 spiro atoms. The molecule has 0 atom stereocenters. The lowest BCUT2D eigenvalue weighted by Gasteiger charge is -2.30. The van der Waals surface area contributed by atoms with Gasteiger partial charge in [0.15, 0.2) is 0 Å². The zero-order chi connectivity index (χ0) is 19.3. The monoisotopic (exact) mass is 368 g/mol. The second kappa shape index (κ2) is 8.73. The smallest absolute Gasteiger partial charge is 0.306 e. The number of amides is 2. The Kier molecular flexibility index (Phi) is 6.65. The van der Waals surface area contributed by atoms with Crippen molar-refractivity contribution in [3.63, 3.8) is 0 Å². The van der Waals surface area contributed by atoms with Gasteiger partial charge in [-0.3, -0.25) is 14.4 Å². The quantitative estimate of drug-likeness (QED) is 0.808. The number of hydrogen-bond acceptors (Lipinski definition) is 3. The summed E-state index contributed by atoms with van der Waals surface area (Å²) in [5.41, 5.74) is -0.539. The van der Waals surface area contributed by atoms with Gasteiger partial charge in [0.25, 0.3) is 0 Å². The van der Waals surface area contributed by atoms with Crippen molar-refractivity contribution in [3.8, 4) is 0 Å². The number of benzene rings is 1. The maximum Gasteiger partial charge on any atom is 0.306 e. The molecule has 6 nitrogen and oxygen atoms in total. The van der Waals surface area contributed by atoms with Crippen LogP contribution in [0.15, 0.2) is 18.2 Å². The van der Waals surface area contributed by atoms with Crippen molar-refractivity contribution in [1.82, 2.24) is 4.90 Å². The summed E-state index contributed by atoms with van der Waals surface area (Å²) in [5.74, 6) is -4.32. The molecule has 2 amide bonds. The third-order valence-corrected chi connectivity index (χ3v) is 4.68. The zero-order valence-corrected chi connectivity index (χ0v) is 14.5. The van der Waals surface area contributed by atoms with Crippen LogP contribution in [0.1, 0.15) is 32.6 Å². The second-order valence-corrected chi connectivity index (χ2v) is 6.38. The number of nitrogens with zero attached hydrogens (tertiary/aromatic N) is 1. The third-order valence-electron chi connectivity index (χ3n) is 4.68. The fourth-order valence-electron chi connectivity index (χ4n) is 3.16. The first-order valence-corrected chi connectivity index (χ1v) is 8.59. The Balaban J connectivity index is 1.95. The number of halogens is 2. The number of rotatable bonds is 6. The van der Waals surface area contributed by atoms with Crippen LogP contribution in [0.3, 0.4) is 0 Å². The number of nitrogens with one attached hydrogen (secondary N) is 1. The predicted molar refractivity (Wildman–Crippen MR) is 90.3 cm³/mol. The highest BCUT2D eigenvalue weighted by molar-refractivity contribution is 5.95. The van der Waals surface area contributed by atoms with E-state index in [-0.39, 0.29) is 24.9 Å². The number of carboxylic acid groups (broad SMARTS) is 1. The highest BCUT2D eigenvalue weighted by Crippen LogP contribution is 2.30. The van der Waals surface area contributed by atoms with Gasteiger partial charge in [-0.2, -0.15) is 0 Å². The van der Waals surface area contributed by atoms with E-state index in [1.165, 1.54) is 11.0 Å². The molecule has 2 N–H and O–H groups in total. The summed E-state index contributed by atoms with van der Waals surface area (Å²) in [6.07, 6.45) is 1.76. The Morgan fingerprint density at radius 2 is 1.65 bits per heavy atom. The van der Waals surface area contributed by atoms with Gasteiger partial charge in [-0.05, 0) is 44.7 Å². The van der Waals surface area contributed by atoms with Crippen LogP contribution in [0, 0.1) is 23.5 Å². The topological polar surface area (TPSA) is 86.7 Å². The Labute approximate surface area is 150 Å². The summed E-state index contributed by atoms with van der Waals surface area (Å²) in [7, 11) is 0. The molecule has 142 valence electrons. The Hall–Kier alpha value is -2.51. The van der Waals surface area contributed by atoms with E-state index in [4.69, 9.17) is 5.11 Å². The Morgan fingerprint density at radius 1 is 1.12 bits per heavy atom. The normalized spacial score (nSPS) is 19.7. The van der Waals surface area contributed by atoms with Crippen LogP contribution in [-0.2, 0) is 14.4 Å². The number of hydrogen-bond donors (Lipinski definition) is 2. The second-order valence-electron chi connectivity index (χ2n) is 6.38. The first-order valence-electron chi connectivity index (χ1n) is 8.59. The van der Waals surface area contributed by atoms with E-state index in [9.17, 15) is 23.2 Å². The number of carbonyl (C=O) groups is 3. The zero-order valence-electron chi connectivity index (χ0n) is 14.5. The summed E-state index contributed by atoms with van der Waals surface area (Å²) in [6.45, 7) is 1.66. The van der Waals surface area contributed by atoms with E-state index in [0.29, 0.717) is 25.7 Å². The first-order chi connectivity index (χ1) is 12.3. The first kappa shape index (κ1) is 19.8. The number of para-hydroxylation sites is 1. The van der Waals surface area contributed by atoms with Gasteiger partial charge in [-0.1, -0.05) is 6.07 Å². The van der Waals surface area contributed by atoms with E-state index in [0.717, 1.165) is 12.1 Å². The van der Waals surface area contributed by atoms with Crippen LogP contribution in [0.25, 0.3) is 0 Å². The van der Waals surface area contributed by atoms with Crippen molar-refractivity contribution < 1.29 is 28.3 Å². The average Bonchev–Trinajstić information content (AvgIpc) is 2.62. The fraction of sp³-hybridized carbons (Fsp3) is 0.500.